The maximum absolute atomic E-state index is 12.8. The standard InChI is InChI=1S/C15H8F6O3/c16-14(17,18)9-5-8(6-10(7-9)15(19,20)21)12-3-1-11(24-12)2-4-13(22)23/h1-7H,(H,22,23). The van der Waals surface area contributed by atoms with Crippen LogP contribution in [0.15, 0.2) is 40.8 Å². The molecule has 0 aliphatic carbocycles. The van der Waals surface area contributed by atoms with Crippen LogP contribution in [0.25, 0.3) is 17.4 Å². The molecule has 0 unspecified atom stereocenters. The van der Waals surface area contributed by atoms with Crippen LogP contribution in [0, 0.1) is 0 Å². The molecule has 1 N–H and O–H groups in total. The van der Waals surface area contributed by atoms with Gasteiger partial charge in [0.05, 0.1) is 11.1 Å². The highest BCUT2D eigenvalue weighted by Gasteiger charge is 2.37. The highest BCUT2D eigenvalue weighted by molar-refractivity contribution is 5.84. The van der Waals surface area contributed by atoms with E-state index in [-0.39, 0.29) is 17.6 Å². The van der Waals surface area contributed by atoms with Crippen molar-refractivity contribution in [1.82, 2.24) is 0 Å². The maximum Gasteiger partial charge on any atom is 0.416 e. The van der Waals surface area contributed by atoms with Gasteiger partial charge in [0.2, 0.25) is 0 Å². The first-order chi connectivity index (χ1) is 11.0. The summed E-state index contributed by atoms with van der Waals surface area (Å²) in [7, 11) is 0. The van der Waals surface area contributed by atoms with Crippen molar-refractivity contribution < 1.29 is 40.7 Å². The lowest BCUT2D eigenvalue weighted by Crippen LogP contribution is -2.11. The highest BCUT2D eigenvalue weighted by atomic mass is 19.4. The molecule has 2 rings (SSSR count). The molecule has 1 heterocycles. The van der Waals surface area contributed by atoms with E-state index in [2.05, 4.69) is 0 Å². The number of benzene rings is 1. The number of aliphatic carboxylic acids is 1. The van der Waals surface area contributed by atoms with Crippen molar-refractivity contribution in [3.05, 3.63) is 53.3 Å². The predicted molar refractivity (Wildman–Crippen MR) is 70.8 cm³/mol. The molecule has 0 bridgehead atoms. The molecule has 0 aliphatic heterocycles. The fourth-order valence-corrected chi connectivity index (χ4v) is 1.85. The van der Waals surface area contributed by atoms with Crippen molar-refractivity contribution in [3.8, 4) is 11.3 Å². The Morgan fingerprint density at radius 3 is 1.96 bits per heavy atom. The zero-order valence-corrected chi connectivity index (χ0v) is 11.6. The number of hydrogen-bond donors (Lipinski definition) is 1. The monoisotopic (exact) mass is 350 g/mol. The minimum Gasteiger partial charge on any atom is -0.478 e. The van der Waals surface area contributed by atoms with Crippen LogP contribution in [0.4, 0.5) is 26.3 Å². The third-order valence-corrected chi connectivity index (χ3v) is 2.89. The molecule has 0 saturated heterocycles. The number of carboxylic acids is 1. The van der Waals surface area contributed by atoms with Crippen LogP contribution < -0.4 is 0 Å². The first-order valence-electron chi connectivity index (χ1n) is 6.27. The summed E-state index contributed by atoms with van der Waals surface area (Å²) >= 11 is 0. The summed E-state index contributed by atoms with van der Waals surface area (Å²) in [5.41, 5.74) is -3.36. The summed E-state index contributed by atoms with van der Waals surface area (Å²) in [6, 6.07) is 3.44. The van der Waals surface area contributed by atoms with E-state index < -0.39 is 35.0 Å². The Morgan fingerprint density at radius 1 is 0.958 bits per heavy atom. The predicted octanol–water partition coefficient (Wildman–Crippen LogP) is 5.08. The molecule has 0 fully saturated rings. The van der Waals surface area contributed by atoms with Gasteiger partial charge >= 0.3 is 18.3 Å². The molecule has 0 radical (unpaired) electrons. The molecule has 0 spiro atoms. The van der Waals surface area contributed by atoms with Crippen molar-refractivity contribution >= 4 is 12.0 Å². The van der Waals surface area contributed by atoms with E-state index in [1.165, 1.54) is 6.07 Å². The molecular formula is C15H8F6O3. The highest BCUT2D eigenvalue weighted by Crippen LogP contribution is 2.38. The number of hydrogen-bond acceptors (Lipinski definition) is 2. The van der Waals surface area contributed by atoms with Gasteiger partial charge in [0.15, 0.2) is 0 Å². The van der Waals surface area contributed by atoms with Crippen LogP contribution in [0.5, 0.6) is 0 Å². The number of rotatable bonds is 3. The van der Waals surface area contributed by atoms with Gasteiger partial charge in [-0.15, -0.1) is 0 Å². The largest absolute Gasteiger partial charge is 0.478 e. The van der Waals surface area contributed by atoms with Crippen molar-refractivity contribution in [3.63, 3.8) is 0 Å². The fourth-order valence-electron chi connectivity index (χ4n) is 1.85. The van der Waals surface area contributed by atoms with Gasteiger partial charge in [-0.2, -0.15) is 26.3 Å². The molecule has 24 heavy (non-hydrogen) atoms. The number of furan rings is 1. The van der Waals surface area contributed by atoms with Crippen molar-refractivity contribution in [1.29, 1.82) is 0 Å². The van der Waals surface area contributed by atoms with Crippen LogP contribution >= 0.6 is 0 Å². The lowest BCUT2D eigenvalue weighted by molar-refractivity contribution is -0.143. The Bertz CT molecular complexity index is 751. The summed E-state index contributed by atoms with van der Waals surface area (Å²) in [4.78, 5) is 10.4. The zero-order chi connectivity index (χ0) is 18.1. The topological polar surface area (TPSA) is 50.4 Å². The Balaban J connectivity index is 2.52. The smallest absolute Gasteiger partial charge is 0.416 e. The van der Waals surface area contributed by atoms with Gasteiger partial charge in [0.25, 0.3) is 0 Å². The van der Waals surface area contributed by atoms with Crippen molar-refractivity contribution in [2.75, 3.05) is 0 Å². The number of halogens is 6. The second-order valence-electron chi connectivity index (χ2n) is 4.67. The summed E-state index contributed by atoms with van der Waals surface area (Å²) in [5.74, 6) is -1.57. The lowest BCUT2D eigenvalue weighted by atomic mass is 10.0. The van der Waals surface area contributed by atoms with E-state index in [1.807, 2.05) is 0 Å². The first-order valence-corrected chi connectivity index (χ1v) is 6.27. The van der Waals surface area contributed by atoms with E-state index in [4.69, 9.17) is 9.52 Å². The van der Waals surface area contributed by atoms with Crippen LogP contribution in [-0.4, -0.2) is 11.1 Å². The van der Waals surface area contributed by atoms with Crippen LogP contribution in [0.1, 0.15) is 16.9 Å². The minimum absolute atomic E-state index is 0.0116. The second-order valence-corrected chi connectivity index (χ2v) is 4.67. The van der Waals surface area contributed by atoms with E-state index in [9.17, 15) is 31.1 Å². The Kier molecular flexibility index (Phi) is 4.46. The molecule has 128 valence electrons. The number of carboxylic acid groups (broad SMARTS) is 1. The molecule has 9 heteroatoms. The molecule has 1 aromatic carbocycles. The van der Waals surface area contributed by atoms with Gasteiger partial charge in [-0.25, -0.2) is 4.79 Å². The summed E-state index contributed by atoms with van der Waals surface area (Å²) < 4.78 is 81.8. The Morgan fingerprint density at radius 2 is 1.50 bits per heavy atom. The SMILES string of the molecule is O=C(O)C=Cc1ccc(-c2cc(C(F)(F)F)cc(C(F)(F)F)c2)o1. The number of carbonyl (C=O) groups is 1. The molecular weight excluding hydrogens is 342 g/mol. The zero-order valence-electron chi connectivity index (χ0n) is 11.6. The van der Waals surface area contributed by atoms with Gasteiger partial charge < -0.3 is 9.52 Å². The third kappa shape index (κ3) is 4.18. The van der Waals surface area contributed by atoms with Gasteiger partial charge in [-0.1, -0.05) is 0 Å². The quantitative estimate of drug-likeness (QED) is 0.620. The number of alkyl halides is 6. The summed E-state index contributed by atoms with van der Waals surface area (Å²) in [6.45, 7) is 0. The van der Waals surface area contributed by atoms with E-state index >= 15 is 0 Å². The average Bonchev–Trinajstić information content (AvgIpc) is 2.91. The van der Waals surface area contributed by atoms with E-state index in [0.29, 0.717) is 12.1 Å². The molecule has 2 aromatic rings. The summed E-state index contributed by atoms with van der Waals surface area (Å²) in [6.07, 6.45) is -8.19. The molecule has 0 amide bonds. The minimum atomic E-state index is -4.96. The van der Waals surface area contributed by atoms with Gasteiger partial charge in [0, 0.05) is 11.6 Å². The van der Waals surface area contributed by atoms with Gasteiger partial charge in [0.1, 0.15) is 11.5 Å². The van der Waals surface area contributed by atoms with Crippen LogP contribution in [-0.2, 0) is 17.1 Å². The Hall–Kier alpha value is -2.71. The van der Waals surface area contributed by atoms with Crippen molar-refractivity contribution in [2.24, 2.45) is 0 Å². The summed E-state index contributed by atoms with van der Waals surface area (Å²) in [5, 5.41) is 8.47. The Labute approximate surface area is 130 Å². The van der Waals surface area contributed by atoms with Crippen LogP contribution in [0.3, 0.4) is 0 Å². The fraction of sp³-hybridized carbons (Fsp3) is 0.133. The molecule has 3 nitrogen and oxygen atoms in total. The molecule has 0 saturated carbocycles. The molecule has 0 aliphatic rings. The second kappa shape index (κ2) is 6.06. The first kappa shape index (κ1) is 17.6. The molecule has 0 atom stereocenters. The van der Waals surface area contributed by atoms with E-state index in [1.54, 1.807) is 0 Å². The molecule has 1 aromatic heterocycles. The van der Waals surface area contributed by atoms with E-state index in [0.717, 1.165) is 18.2 Å². The average molecular weight is 350 g/mol. The normalized spacial score (nSPS) is 12.8. The van der Waals surface area contributed by atoms with Crippen molar-refractivity contribution in [2.45, 2.75) is 12.4 Å². The maximum atomic E-state index is 12.8. The van der Waals surface area contributed by atoms with Gasteiger partial charge in [-0.05, 0) is 36.4 Å². The van der Waals surface area contributed by atoms with Gasteiger partial charge in [-0.3, -0.25) is 0 Å². The lowest BCUT2D eigenvalue weighted by Gasteiger charge is -2.13. The third-order valence-electron chi connectivity index (χ3n) is 2.89. The van der Waals surface area contributed by atoms with Crippen LogP contribution in [0.2, 0.25) is 0 Å².